The fraction of sp³-hybridized carbons (Fsp3) is 0.167. The van der Waals surface area contributed by atoms with Crippen molar-refractivity contribution in [1.82, 2.24) is 0 Å². The summed E-state index contributed by atoms with van der Waals surface area (Å²) in [5, 5.41) is 8.48. The molecule has 0 unspecified atom stereocenters. The van der Waals surface area contributed by atoms with Crippen LogP contribution in [-0.2, 0) is 9.63 Å². The van der Waals surface area contributed by atoms with Crippen LogP contribution in [0.5, 0.6) is 0 Å². The minimum Gasteiger partial charge on any atom is -0.479 e. The number of hydrogen-bond donors (Lipinski definition) is 2. The second-order valence-corrected chi connectivity index (χ2v) is 1.87. The van der Waals surface area contributed by atoms with Crippen molar-refractivity contribution in [3.8, 4) is 0 Å². The smallest absolute Gasteiger partial charge is 0.342 e. The number of aliphatic carboxylic acids is 1. The Balaban J connectivity index is 2.79. The van der Waals surface area contributed by atoms with Crippen LogP contribution in [0.3, 0.4) is 0 Å². The third-order valence-electron chi connectivity index (χ3n) is 1.16. The lowest BCUT2D eigenvalue weighted by atomic mass is 10.3. The monoisotopic (exact) mass is 157 g/mol. The Morgan fingerprint density at radius 1 is 1.82 bits per heavy atom. The molecule has 5 heteroatoms. The molecule has 0 fully saturated rings. The summed E-state index contributed by atoms with van der Waals surface area (Å²) in [5.74, 6) is 3.73. The number of rotatable bonds is 3. The van der Waals surface area contributed by atoms with E-state index in [4.69, 9.17) is 15.4 Å². The van der Waals surface area contributed by atoms with E-state index >= 15 is 0 Å². The Morgan fingerprint density at radius 2 is 2.55 bits per heavy atom. The minimum absolute atomic E-state index is 0.181. The summed E-state index contributed by atoms with van der Waals surface area (Å²) in [4.78, 5) is 14.5. The highest BCUT2D eigenvalue weighted by Crippen LogP contribution is 2.15. The van der Waals surface area contributed by atoms with Gasteiger partial charge in [-0.2, -0.15) is 0 Å². The van der Waals surface area contributed by atoms with Crippen molar-refractivity contribution in [2.45, 2.75) is 6.10 Å². The van der Waals surface area contributed by atoms with Crippen LogP contribution in [0.2, 0.25) is 0 Å². The molecule has 0 aromatic carbocycles. The first-order valence-electron chi connectivity index (χ1n) is 2.87. The maximum Gasteiger partial charge on any atom is 0.342 e. The van der Waals surface area contributed by atoms with Crippen LogP contribution in [-0.4, -0.2) is 11.1 Å². The summed E-state index contributed by atoms with van der Waals surface area (Å²) >= 11 is 0. The predicted octanol–water partition coefficient (Wildman–Crippen LogP) is 0.296. The first kappa shape index (κ1) is 7.77. The summed E-state index contributed by atoms with van der Waals surface area (Å²) in [6, 6.07) is 3.04. The van der Waals surface area contributed by atoms with Crippen molar-refractivity contribution in [2.24, 2.45) is 5.90 Å². The number of carboxylic acids is 1. The first-order valence-corrected chi connectivity index (χ1v) is 2.87. The second kappa shape index (κ2) is 3.18. The van der Waals surface area contributed by atoms with Gasteiger partial charge in [-0.25, -0.2) is 10.7 Å². The van der Waals surface area contributed by atoms with E-state index in [1.54, 1.807) is 6.07 Å². The average molecular weight is 157 g/mol. The lowest BCUT2D eigenvalue weighted by molar-refractivity contribution is -0.152. The van der Waals surface area contributed by atoms with Gasteiger partial charge in [-0.15, -0.1) is 0 Å². The van der Waals surface area contributed by atoms with Crippen LogP contribution in [0.15, 0.2) is 22.8 Å². The van der Waals surface area contributed by atoms with Gasteiger partial charge in [0, 0.05) is 0 Å². The molecule has 0 amide bonds. The highest BCUT2D eigenvalue weighted by Gasteiger charge is 2.22. The maximum atomic E-state index is 10.4. The molecule has 0 radical (unpaired) electrons. The Hall–Kier alpha value is -1.33. The first-order chi connectivity index (χ1) is 5.25. The predicted molar refractivity (Wildman–Crippen MR) is 34.4 cm³/mol. The van der Waals surface area contributed by atoms with Gasteiger partial charge in [0.2, 0.25) is 6.10 Å². The molecule has 0 bridgehead atoms. The summed E-state index contributed by atoms with van der Waals surface area (Å²) in [5.41, 5.74) is 0. The molecular formula is C6H7NO4. The zero-order valence-corrected chi connectivity index (χ0v) is 5.56. The van der Waals surface area contributed by atoms with Crippen LogP contribution in [0.1, 0.15) is 11.9 Å². The lowest BCUT2D eigenvalue weighted by Gasteiger charge is -2.04. The molecule has 1 rings (SSSR count). The molecule has 1 heterocycles. The second-order valence-electron chi connectivity index (χ2n) is 1.87. The normalized spacial score (nSPS) is 12.8. The van der Waals surface area contributed by atoms with E-state index in [1.165, 1.54) is 12.3 Å². The van der Waals surface area contributed by atoms with Gasteiger partial charge in [0.05, 0.1) is 6.26 Å². The van der Waals surface area contributed by atoms with Crippen LogP contribution in [0.4, 0.5) is 0 Å². The van der Waals surface area contributed by atoms with Crippen LogP contribution in [0, 0.1) is 0 Å². The topological polar surface area (TPSA) is 85.7 Å². The van der Waals surface area contributed by atoms with Crippen LogP contribution >= 0.6 is 0 Å². The number of hydrogen-bond acceptors (Lipinski definition) is 4. The Morgan fingerprint density at radius 3 is 2.91 bits per heavy atom. The highest BCUT2D eigenvalue weighted by molar-refractivity contribution is 5.73. The van der Waals surface area contributed by atoms with E-state index in [0.29, 0.717) is 0 Å². The molecule has 0 aliphatic rings. The van der Waals surface area contributed by atoms with Gasteiger partial charge >= 0.3 is 5.97 Å². The third kappa shape index (κ3) is 1.57. The molecule has 60 valence electrons. The van der Waals surface area contributed by atoms with E-state index in [1.807, 2.05) is 0 Å². The van der Waals surface area contributed by atoms with Gasteiger partial charge < -0.3 is 9.52 Å². The minimum atomic E-state index is -1.22. The highest BCUT2D eigenvalue weighted by atomic mass is 16.6. The number of nitrogens with two attached hydrogens (primary N) is 1. The molecule has 1 aromatic rings. The molecule has 1 aromatic heterocycles. The van der Waals surface area contributed by atoms with E-state index in [9.17, 15) is 4.79 Å². The number of carboxylic acid groups (broad SMARTS) is 1. The number of furan rings is 1. The molecule has 0 spiro atoms. The molecular weight excluding hydrogens is 150 g/mol. The zero-order valence-electron chi connectivity index (χ0n) is 5.56. The maximum absolute atomic E-state index is 10.4. The van der Waals surface area contributed by atoms with Crippen LogP contribution in [0.25, 0.3) is 0 Å². The van der Waals surface area contributed by atoms with Crippen molar-refractivity contribution in [3.05, 3.63) is 24.2 Å². The van der Waals surface area contributed by atoms with Gasteiger partial charge in [-0.05, 0) is 12.1 Å². The standard InChI is InChI=1S/C6H7NO4/c7-11-5(6(8)9)4-2-1-3-10-4/h1-3,5H,7H2,(H,8,9)/t5-/m0/s1. The SMILES string of the molecule is NO[C@H](C(=O)O)c1ccco1. The lowest BCUT2D eigenvalue weighted by Crippen LogP contribution is -2.17. The molecule has 5 nitrogen and oxygen atoms in total. The molecule has 0 aliphatic carbocycles. The average Bonchev–Trinajstić information content (AvgIpc) is 2.40. The summed E-state index contributed by atoms with van der Waals surface area (Å²) in [7, 11) is 0. The van der Waals surface area contributed by atoms with Gasteiger partial charge in [0.1, 0.15) is 5.76 Å². The molecule has 0 saturated carbocycles. The molecule has 1 atom stereocenters. The summed E-state index contributed by atoms with van der Waals surface area (Å²) in [6.45, 7) is 0. The van der Waals surface area contributed by atoms with E-state index in [0.717, 1.165) is 0 Å². The van der Waals surface area contributed by atoms with Crippen molar-refractivity contribution in [2.75, 3.05) is 0 Å². The quantitative estimate of drug-likeness (QED) is 0.616. The van der Waals surface area contributed by atoms with Gasteiger partial charge in [0.25, 0.3) is 0 Å². The Kier molecular flexibility index (Phi) is 2.25. The molecule has 0 aliphatic heterocycles. The van der Waals surface area contributed by atoms with Crippen molar-refractivity contribution in [1.29, 1.82) is 0 Å². The van der Waals surface area contributed by atoms with Crippen LogP contribution < -0.4 is 5.90 Å². The van der Waals surface area contributed by atoms with Gasteiger partial charge in [-0.1, -0.05) is 0 Å². The zero-order chi connectivity index (χ0) is 8.27. The van der Waals surface area contributed by atoms with Crippen molar-refractivity contribution >= 4 is 5.97 Å². The Bertz CT molecular complexity index is 231. The van der Waals surface area contributed by atoms with E-state index in [2.05, 4.69) is 4.84 Å². The van der Waals surface area contributed by atoms with Gasteiger partial charge in [-0.3, -0.25) is 4.84 Å². The third-order valence-corrected chi connectivity index (χ3v) is 1.16. The molecule has 3 N–H and O–H groups in total. The largest absolute Gasteiger partial charge is 0.479 e. The summed E-state index contributed by atoms with van der Waals surface area (Å²) < 4.78 is 4.76. The molecule has 0 saturated heterocycles. The van der Waals surface area contributed by atoms with Gasteiger partial charge in [0.15, 0.2) is 0 Å². The van der Waals surface area contributed by atoms with E-state index < -0.39 is 12.1 Å². The van der Waals surface area contributed by atoms with Crippen molar-refractivity contribution < 1.29 is 19.2 Å². The fourth-order valence-electron chi connectivity index (χ4n) is 0.687. The van der Waals surface area contributed by atoms with Crippen molar-refractivity contribution in [3.63, 3.8) is 0 Å². The van der Waals surface area contributed by atoms with E-state index in [-0.39, 0.29) is 5.76 Å². The molecule has 11 heavy (non-hydrogen) atoms. The Labute approximate surface area is 62.3 Å². The summed E-state index contributed by atoms with van der Waals surface area (Å²) in [6.07, 6.45) is 0.134. The fourth-order valence-corrected chi connectivity index (χ4v) is 0.687. The number of carbonyl (C=O) groups is 1.